The summed E-state index contributed by atoms with van der Waals surface area (Å²) in [6, 6.07) is -0.869. The zero-order valence-electron chi connectivity index (χ0n) is 13.3. The zero-order valence-corrected chi connectivity index (χ0v) is 14.1. The van der Waals surface area contributed by atoms with Crippen molar-refractivity contribution in [3.05, 3.63) is 12.7 Å². The molecule has 7 heteroatoms. The molecular weight excluding hydrogens is 288 g/mol. The van der Waals surface area contributed by atoms with E-state index in [9.17, 15) is 9.59 Å². The van der Waals surface area contributed by atoms with Crippen molar-refractivity contribution in [2.24, 2.45) is 4.99 Å². The lowest BCUT2D eigenvalue weighted by Crippen LogP contribution is -2.48. The van der Waals surface area contributed by atoms with Crippen LogP contribution >= 0.6 is 11.8 Å². The van der Waals surface area contributed by atoms with Crippen molar-refractivity contribution in [3.8, 4) is 0 Å². The fourth-order valence-corrected chi connectivity index (χ4v) is 2.11. The number of carbonyl (C=O) groups excluding carboxylic acids is 2. The Morgan fingerprint density at radius 3 is 2.52 bits per heavy atom. The molecule has 0 aliphatic rings. The number of urea groups is 2. The van der Waals surface area contributed by atoms with E-state index < -0.39 is 6.03 Å². The summed E-state index contributed by atoms with van der Waals surface area (Å²) in [7, 11) is 0. The summed E-state index contributed by atoms with van der Waals surface area (Å²) >= 11 is 1.35. The average Bonchev–Trinajstić information content (AvgIpc) is 2.34. The Hall–Kier alpha value is -1.50. The first-order valence-electron chi connectivity index (χ1n) is 6.98. The summed E-state index contributed by atoms with van der Waals surface area (Å²) in [5.41, 5.74) is -0.353. The van der Waals surface area contributed by atoms with Crippen molar-refractivity contribution in [3.63, 3.8) is 0 Å². The fourth-order valence-electron chi connectivity index (χ4n) is 1.17. The molecule has 0 aromatic carbocycles. The lowest BCUT2D eigenvalue weighted by molar-refractivity contribution is 0.237. The molecule has 0 aliphatic carbocycles. The summed E-state index contributed by atoms with van der Waals surface area (Å²) in [5.74, 6) is 0.792. The van der Waals surface area contributed by atoms with Crippen molar-refractivity contribution in [2.75, 3.05) is 12.3 Å². The minimum Gasteiger partial charge on any atom is -0.333 e. The van der Waals surface area contributed by atoms with Gasteiger partial charge in [-0.25, -0.2) is 9.59 Å². The van der Waals surface area contributed by atoms with E-state index in [2.05, 4.69) is 34.4 Å². The summed E-state index contributed by atoms with van der Waals surface area (Å²) in [6.45, 7) is 11.6. The van der Waals surface area contributed by atoms with Crippen molar-refractivity contribution < 1.29 is 9.59 Å². The number of thioether (sulfide) groups is 1. The van der Waals surface area contributed by atoms with Crippen LogP contribution in [0, 0.1) is 0 Å². The molecule has 4 amide bonds. The predicted octanol–water partition coefficient (Wildman–Crippen LogP) is 2.87. The molecule has 0 saturated carbocycles. The molecule has 0 aromatic heterocycles. The number of rotatable bonds is 5. The monoisotopic (exact) mass is 314 g/mol. The van der Waals surface area contributed by atoms with Crippen LogP contribution < -0.4 is 16.0 Å². The molecule has 120 valence electrons. The van der Waals surface area contributed by atoms with Crippen LogP contribution in [0.1, 0.15) is 40.5 Å². The average molecular weight is 314 g/mol. The molecule has 0 spiro atoms. The van der Waals surface area contributed by atoms with E-state index in [1.54, 1.807) is 6.08 Å². The summed E-state index contributed by atoms with van der Waals surface area (Å²) in [6.07, 6.45) is 3.59. The fraction of sp³-hybridized carbons (Fsp3) is 0.643. The molecule has 0 saturated heterocycles. The van der Waals surface area contributed by atoms with Crippen molar-refractivity contribution in [1.82, 2.24) is 16.0 Å². The van der Waals surface area contributed by atoms with E-state index >= 15 is 0 Å². The van der Waals surface area contributed by atoms with Gasteiger partial charge in [0.1, 0.15) is 0 Å². The molecule has 6 nitrogen and oxygen atoms in total. The van der Waals surface area contributed by atoms with Crippen LogP contribution in [0.3, 0.4) is 0 Å². The molecule has 0 aromatic rings. The second-order valence-corrected chi connectivity index (χ2v) is 6.51. The molecule has 0 unspecified atom stereocenters. The van der Waals surface area contributed by atoms with Gasteiger partial charge in [-0.3, -0.25) is 5.32 Å². The summed E-state index contributed by atoms with van der Waals surface area (Å²) in [4.78, 5) is 27.3. The first kappa shape index (κ1) is 19.5. The number of unbranched alkanes of at least 4 members (excludes halogenated alkanes) is 1. The number of hydrogen-bond donors (Lipinski definition) is 3. The Bertz CT molecular complexity index is 389. The van der Waals surface area contributed by atoms with Crippen LogP contribution in [0.5, 0.6) is 0 Å². The molecule has 0 aliphatic heterocycles. The van der Waals surface area contributed by atoms with Crippen LogP contribution in [-0.2, 0) is 0 Å². The standard InChI is InChI=1S/C14H26N4O2S/c1-6-8-10-21-13(16-11(19)15-9-7-2)17-12(20)18-14(3,4)5/h7H,2,6,8-10H2,1,3-5H3,(H3,15,16,17,18,19,20). The van der Waals surface area contributed by atoms with Gasteiger partial charge in [0.05, 0.1) is 0 Å². The van der Waals surface area contributed by atoms with Gasteiger partial charge in [0, 0.05) is 17.8 Å². The van der Waals surface area contributed by atoms with Crippen molar-refractivity contribution in [2.45, 2.75) is 46.1 Å². The van der Waals surface area contributed by atoms with Gasteiger partial charge >= 0.3 is 12.1 Å². The number of amidine groups is 1. The third-order valence-electron chi connectivity index (χ3n) is 2.05. The number of hydrogen-bond acceptors (Lipinski definition) is 3. The predicted molar refractivity (Wildman–Crippen MR) is 89.8 cm³/mol. The Labute approximate surface area is 131 Å². The Balaban J connectivity index is 4.64. The molecule has 0 rings (SSSR count). The smallest absolute Gasteiger partial charge is 0.333 e. The van der Waals surface area contributed by atoms with Gasteiger partial charge in [0.25, 0.3) is 0 Å². The maximum Gasteiger partial charge on any atom is 0.343 e. The van der Waals surface area contributed by atoms with E-state index in [0.717, 1.165) is 18.6 Å². The molecule has 0 radical (unpaired) electrons. The third-order valence-corrected chi connectivity index (χ3v) is 3.01. The molecule has 21 heavy (non-hydrogen) atoms. The third kappa shape index (κ3) is 12.0. The maximum absolute atomic E-state index is 11.8. The Morgan fingerprint density at radius 1 is 1.33 bits per heavy atom. The first-order valence-corrected chi connectivity index (χ1v) is 7.96. The van der Waals surface area contributed by atoms with Gasteiger partial charge in [-0.15, -0.1) is 6.58 Å². The topological polar surface area (TPSA) is 82.6 Å². The van der Waals surface area contributed by atoms with E-state index in [-0.39, 0.29) is 11.6 Å². The maximum atomic E-state index is 11.8. The molecule has 3 N–H and O–H groups in total. The van der Waals surface area contributed by atoms with Gasteiger partial charge in [-0.05, 0) is 27.2 Å². The molecular formula is C14H26N4O2S. The van der Waals surface area contributed by atoms with Crippen LogP contribution in [0.4, 0.5) is 9.59 Å². The van der Waals surface area contributed by atoms with Gasteiger partial charge in [-0.1, -0.05) is 31.2 Å². The lowest BCUT2D eigenvalue weighted by atomic mass is 10.1. The highest BCUT2D eigenvalue weighted by atomic mass is 32.2. The van der Waals surface area contributed by atoms with Crippen LogP contribution in [0.2, 0.25) is 0 Å². The first-order chi connectivity index (χ1) is 9.78. The highest BCUT2D eigenvalue weighted by Gasteiger charge is 2.15. The largest absolute Gasteiger partial charge is 0.343 e. The second-order valence-electron chi connectivity index (χ2n) is 5.42. The lowest BCUT2D eigenvalue weighted by Gasteiger charge is -2.21. The number of aliphatic imine (C=N–C) groups is 1. The number of amides is 4. The Morgan fingerprint density at radius 2 is 2.00 bits per heavy atom. The summed E-state index contributed by atoms with van der Waals surface area (Å²) in [5, 5.41) is 8.22. The van der Waals surface area contributed by atoms with E-state index in [1.807, 2.05) is 20.8 Å². The van der Waals surface area contributed by atoms with Gasteiger partial charge in [0.15, 0.2) is 5.17 Å². The van der Waals surface area contributed by atoms with Crippen LogP contribution in [0.25, 0.3) is 0 Å². The Kier molecular flexibility index (Phi) is 9.53. The second kappa shape index (κ2) is 10.3. The van der Waals surface area contributed by atoms with Gasteiger partial charge in [-0.2, -0.15) is 4.99 Å². The quantitative estimate of drug-likeness (QED) is 0.316. The normalized spacial score (nSPS) is 11.7. The van der Waals surface area contributed by atoms with Gasteiger partial charge < -0.3 is 10.6 Å². The van der Waals surface area contributed by atoms with Gasteiger partial charge in [0.2, 0.25) is 0 Å². The SMILES string of the molecule is C=CCNC(=O)N=C(NC(=O)NC(C)(C)C)SCCCC. The van der Waals surface area contributed by atoms with E-state index in [4.69, 9.17) is 0 Å². The molecule has 0 bridgehead atoms. The van der Waals surface area contributed by atoms with Crippen LogP contribution in [0.15, 0.2) is 17.6 Å². The van der Waals surface area contributed by atoms with E-state index in [1.165, 1.54) is 11.8 Å². The highest BCUT2D eigenvalue weighted by molar-refractivity contribution is 8.13. The summed E-state index contributed by atoms with van der Waals surface area (Å²) < 4.78 is 0. The number of nitrogens with one attached hydrogen (secondary N) is 3. The van der Waals surface area contributed by atoms with Crippen LogP contribution in [-0.4, -0.2) is 35.1 Å². The molecule has 0 fully saturated rings. The molecule has 0 atom stereocenters. The van der Waals surface area contributed by atoms with Crippen molar-refractivity contribution >= 4 is 29.0 Å². The minimum atomic E-state index is -0.495. The molecule has 0 heterocycles. The zero-order chi connectivity index (χ0) is 16.3. The van der Waals surface area contributed by atoms with E-state index in [0.29, 0.717) is 11.7 Å². The number of nitrogens with zero attached hydrogens (tertiary/aromatic N) is 1. The number of carbonyl (C=O) groups is 2. The highest BCUT2D eigenvalue weighted by Crippen LogP contribution is 2.07. The van der Waals surface area contributed by atoms with Crippen molar-refractivity contribution in [1.29, 1.82) is 0 Å². The minimum absolute atomic E-state index is 0.298.